The van der Waals surface area contributed by atoms with Crippen LogP contribution in [0.5, 0.6) is 0 Å². The highest BCUT2D eigenvalue weighted by Crippen LogP contribution is 2.08. The molecule has 0 aliphatic carbocycles. The van der Waals surface area contributed by atoms with E-state index in [0.717, 1.165) is 12.8 Å². The average molecular weight is 218 g/mol. The first-order valence-electron chi connectivity index (χ1n) is 5.79. The molecule has 0 aliphatic rings. The summed E-state index contributed by atoms with van der Waals surface area (Å²) in [4.78, 5) is 10.0. The first kappa shape index (κ1) is 14.2. The lowest BCUT2D eigenvalue weighted by molar-refractivity contribution is -0.728. The van der Waals surface area contributed by atoms with Crippen molar-refractivity contribution in [2.24, 2.45) is 0 Å². The monoisotopic (exact) mass is 218 g/mol. The Kier molecular flexibility index (Phi) is 9.16. The molecule has 0 saturated heterocycles. The molecule has 0 aromatic carbocycles. The molecular weight excluding hydrogens is 196 g/mol. The largest absolute Gasteiger partial charge is 0.236 e. The summed E-state index contributed by atoms with van der Waals surface area (Å²) in [6.45, 7) is 2.31. The zero-order valence-electron chi connectivity index (χ0n) is 9.52. The predicted octanol–water partition coefficient (Wildman–Crippen LogP) is 3.01. The van der Waals surface area contributed by atoms with E-state index in [1.54, 1.807) is 0 Å². The maximum absolute atomic E-state index is 10.0. The molecule has 0 fully saturated rings. The van der Waals surface area contributed by atoms with E-state index in [9.17, 15) is 10.1 Å². The summed E-state index contributed by atoms with van der Waals surface area (Å²) in [5, 5.41) is 18.1. The Morgan fingerprint density at radius 1 is 1.07 bits per heavy atom. The lowest BCUT2D eigenvalue weighted by Crippen LogP contribution is -2.26. The standard InChI is InChI=1S/C10H22N2O3/c1-2-3-4-5-6-7-8-9-10-11(13)12(14)15/h13H,2-10H2,1H3. The lowest BCUT2D eigenvalue weighted by Gasteiger charge is -2.05. The van der Waals surface area contributed by atoms with Gasteiger partial charge in [-0.15, -0.1) is 0 Å². The molecule has 0 aliphatic heterocycles. The van der Waals surface area contributed by atoms with Crippen molar-refractivity contribution < 1.29 is 10.2 Å². The Balaban J connectivity index is 3.08. The van der Waals surface area contributed by atoms with Crippen LogP contribution in [0.4, 0.5) is 0 Å². The minimum atomic E-state index is -0.790. The highest BCUT2D eigenvalue weighted by atomic mass is 16.8. The number of nitrogens with zero attached hydrogens (tertiary/aromatic N) is 2. The van der Waals surface area contributed by atoms with Gasteiger partial charge < -0.3 is 0 Å². The maximum Gasteiger partial charge on any atom is 0.186 e. The number of hydroxylamine groups is 1. The first-order valence-corrected chi connectivity index (χ1v) is 5.79. The summed E-state index contributed by atoms with van der Waals surface area (Å²) >= 11 is 0. The number of nitro groups is 1. The molecule has 1 N–H and O–H groups in total. The van der Waals surface area contributed by atoms with Crippen LogP contribution in [0.25, 0.3) is 0 Å². The molecule has 0 rings (SSSR count). The highest BCUT2D eigenvalue weighted by molar-refractivity contribution is 4.46. The second-order valence-electron chi connectivity index (χ2n) is 3.81. The Bertz CT molecular complexity index is 165. The zero-order valence-corrected chi connectivity index (χ0v) is 9.52. The Hall–Kier alpha value is -0.840. The van der Waals surface area contributed by atoms with Gasteiger partial charge in [-0.1, -0.05) is 51.9 Å². The normalized spacial score (nSPS) is 10.3. The van der Waals surface area contributed by atoms with Gasteiger partial charge in [0.2, 0.25) is 0 Å². The van der Waals surface area contributed by atoms with Crippen LogP contribution < -0.4 is 0 Å². The molecule has 0 aromatic heterocycles. The van der Waals surface area contributed by atoms with Crippen LogP contribution in [0, 0.1) is 10.1 Å². The van der Waals surface area contributed by atoms with Crippen LogP contribution in [0.15, 0.2) is 0 Å². The molecule has 0 spiro atoms. The van der Waals surface area contributed by atoms with Crippen LogP contribution in [-0.2, 0) is 0 Å². The lowest BCUT2D eigenvalue weighted by atomic mass is 10.1. The molecule has 0 radical (unpaired) electrons. The molecule has 0 amide bonds. The molecule has 0 atom stereocenters. The SMILES string of the molecule is CCCCCCCCCCN(O)[N+](=O)[O-]. The summed E-state index contributed by atoms with van der Waals surface area (Å²) in [5.74, 6) is 0. The Labute approximate surface area is 91.2 Å². The number of hydrogen-bond donors (Lipinski definition) is 1. The quantitative estimate of drug-likeness (QED) is 0.348. The van der Waals surface area contributed by atoms with Gasteiger partial charge in [0.05, 0.1) is 0 Å². The zero-order chi connectivity index (χ0) is 11.5. The van der Waals surface area contributed by atoms with Crippen LogP contribution in [0.2, 0.25) is 0 Å². The Morgan fingerprint density at radius 3 is 2.00 bits per heavy atom. The van der Waals surface area contributed by atoms with Crippen LogP contribution >= 0.6 is 0 Å². The first-order chi connectivity index (χ1) is 7.18. The molecule has 0 heterocycles. The predicted molar refractivity (Wildman–Crippen MR) is 58.1 cm³/mol. The van der Waals surface area contributed by atoms with Crippen LogP contribution in [0.3, 0.4) is 0 Å². The van der Waals surface area contributed by atoms with Gasteiger partial charge in [0.15, 0.2) is 5.03 Å². The minimum Gasteiger partial charge on any atom is -0.236 e. The average Bonchev–Trinajstić information content (AvgIpc) is 2.21. The van der Waals surface area contributed by atoms with Crippen LogP contribution in [0.1, 0.15) is 58.3 Å². The van der Waals surface area contributed by atoms with E-state index in [2.05, 4.69) is 6.92 Å². The molecule has 0 saturated carbocycles. The van der Waals surface area contributed by atoms with Crippen molar-refractivity contribution in [2.75, 3.05) is 6.54 Å². The molecule has 0 unspecified atom stereocenters. The van der Waals surface area contributed by atoms with Gasteiger partial charge in [-0.3, -0.25) is 0 Å². The minimum absolute atomic E-state index is 0.127. The fraction of sp³-hybridized carbons (Fsp3) is 1.00. The third kappa shape index (κ3) is 9.46. The van der Waals surface area contributed by atoms with Crippen molar-refractivity contribution in [3.05, 3.63) is 10.1 Å². The van der Waals surface area contributed by atoms with Crippen molar-refractivity contribution in [3.8, 4) is 0 Å². The topological polar surface area (TPSA) is 66.6 Å². The van der Waals surface area contributed by atoms with E-state index in [0.29, 0.717) is 6.42 Å². The van der Waals surface area contributed by atoms with Gasteiger partial charge in [0.1, 0.15) is 6.54 Å². The number of hydrazine groups is 1. The number of unbranched alkanes of at least 4 members (excludes halogenated alkanes) is 7. The van der Waals surface area contributed by atoms with Crippen molar-refractivity contribution in [2.45, 2.75) is 58.3 Å². The molecular formula is C10H22N2O3. The van der Waals surface area contributed by atoms with Gasteiger partial charge in [-0.25, -0.2) is 15.3 Å². The summed E-state index contributed by atoms with van der Waals surface area (Å²) in [6, 6.07) is 0. The number of rotatable bonds is 10. The van der Waals surface area contributed by atoms with Crippen molar-refractivity contribution in [1.82, 2.24) is 5.17 Å². The van der Waals surface area contributed by atoms with E-state index in [1.165, 1.54) is 32.1 Å². The van der Waals surface area contributed by atoms with Gasteiger partial charge in [-0.2, -0.15) is 0 Å². The third-order valence-electron chi connectivity index (χ3n) is 2.40. The van der Waals surface area contributed by atoms with E-state index in [1.807, 2.05) is 0 Å². The van der Waals surface area contributed by atoms with Gasteiger partial charge in [0.25, 0.3) is 0 Å². The fourth-order valence-corrected chi connectivity index (χ4v) is 1.47. The van der Waals surface area contributed by atoms with E-state index >= 15 is 0 Å². The molecule has 90 valence electrons. The van der Waals surface area contributed by atoms with Crippen LogP contribution in [-0.4, -0.2) is 22.0 Å². The molecule has 15 heavy (non-hydrogen) atoms. The molecule has 5 nitrogen and oxygen atoms in total. The molecule has 0 aromatic rings. The van der Waals surface area contributed by atoms with Gasteiger partial charge in [-0.05, 0) is 6.42 Å². The summed E-state index contributed by atoms with van der Waals surface area (Å²) in [6.07, 6.45) is 9.04. The summed E-state index contributed by atoms with van der Waals surface area (Å²) in [7, 11) is 0. The van der Waals surface area contributed by atoms with Crippen molar-refractivity contribution in [3.63, 3.8) is 0 Å². The van der Waals surface area contributed by atoms with Gasteiger partial charge >= 0.3 is 0 Å². The van der Waals surface area contributed by atoms with Crippen molar-refractivity contribution >= 4 is 0 Å². The second-order valence-corrected chi connectivity index (χ2v) is 3.81. The summed E-state index contributed by atoms with van der Waals surface area (Å²) in [5.41, 5.74) is 0. The van der Waals surface area contributed by atoms with E-state index in [-0.39, 0.29) is 11.7 Å². The van der Waals surface area contributed by atoms with Crippen molar-refractivity contribution in [1.29, 1.82) is 0 Å². The van der Waals surface area contributed by atoms with E-state index in [4.69, 9.17) is 5.21 Å². The number of hydrogen-bond acceptors (Lipinski definition) is 3. The Morgan fingerprint density at radius 2 is 1.53 bits per heavy atom. The molecule has 5 heteroatoms. The maximum atomic E-state index is 10.0. The highest BCUT2D eigenvalue weighted by Gasteiger charge is 2.07. The smallest absolute Gasteiger partial charge is 0.186 e. The van der Waals surface area contributed by atoms with Gasteiger partial charge in [0, 0.05) is 5.17 Å². The third-order valence-corrected chi connectivity index (χ3v) is 2.40. The molecule has 0 bridgehead atoms. The van der Waals surface area contributed by atoms with E-state index < -0.39 is 5.03 Å². The fourth-order valence-electron chi connectivity index (χ4n) is 1.47. The second kappa shape index (κ2) is 9.71. The summed E-state index contributed by atoms with van der Waals surface area (Å²) < 4.78 is 0.